The van der Waals surface area contributed by atoms with Crippen molar-refractivity contribution in [1.29, 1.82) is 0 Å². The van der Waals surface area contributed by atoms with Gasteiger partial charge in [-0.15, -0.1) is 0 Å². The second-order valence-corrected chi connectivity index (χ2v) is 5.38. The maximum atomic E-state index is 13.6. The lowest BCUT2D eigenvalue weighted by molar-refractivity contribution is 0.112. The Morgan fingerprint density at radius 3 is 2.73 bits per heavy atom. The summed E-state index contributed by atoms with van der Waals surface area (Å²) in [4.78, 5) is 14.7. The first-order valence-electron chi connectivity index (χ1n) is 6.66. The monoisotopic (exact) mass is 317 g/mol. The van der Waals surface area contributed by atoms with Gasteiger partial charge in [0.15, 0.2) is 6.29 Å². The molecule has 3 rings (SSSR count). The molecule has 22 heavy (non-hydrogen) atoms. The Kier molecular flexibility index (Phi) is 3.62. The molecule has 3 nitrogen and oxygen atoms in total. The Morgan fingerprint density at radius 1 is 1.27 bits per heavy atom. The molecule has 112 valence electrons. The average molecular weight is 318 g/mol. The van der Waals surface area contributed by atoms with Gasteiger partial charge in [0.05, 0.1) is 18.3 Å². The van der Waals surface area contributed by atoms with Crippen LogP contribution in [0.3, 0.4) is 0 Å². The molecule has 0 saturated carbocycles. The highest BCUT2D eigenvalue weighted by atomic mass is 35.5. The highest BCUT2D eigenvalue weighted by Gasteiger charge is 2.18. The Morgan fingerprint density at radius 2 is 2.05 bits per heavy atom. The zero-order valence-corrected chi connectivity index (χ0v) is 12.8. The highest BCUT2D eigenvalue weighted by Crippen LogP contribution is 2.37. The van der Waals surface area contributed by atoms with Gasteiger partial charge in [0.1, 0.15) is 11.6 Å². The molecule has 0 amide bonds. The summed E-state index contributed by atoms with van der Waals surface area (Å²) in [5.74, 6) is 0.0841. The van der Waals surface area contributed by atoms with E-state index in [1.165, 1.54) is 25.3 Å². The number of aryl methyl sites for hydroxylation is 1. The van der Waals surface area contributed by atoms with E-state index in [4.69, 9.17) is 16.3 Å². The number of carbonyl (C=O) groups is 1. The minimum atomic E-state index is -0.402. The van der Waals surface area contributed by atoms with Crippen LogP contribution < -0.4 is 4.74 Å². The lowest BCUT2D eigenvalue weighted by Crippen LogP contribution is -1.92. The molecular formula is C17H13ClFNO2. The van der Waals surface area contributed by atoms with Crippen LogP contribution in [0.15, 0.2) is 30.3 Å². The number of hydrogen-bond donors (Lipinski definition) is 1. The third-order valence-corrected chi connectivity index (χ3v) is 4.17. The third kappa shape index (κ3) is 2.16. The Hall–Kier alpha value is -2.33. The van der Waals surface area contributed by atoms with E-state index in [9.17, 15) is 9.18 Å². The van der Waals surface area contributed by atoms with Crippen LogP contribution in [-0.4, -0.2) is 18.4 Å². The Balaban J connectivity index is 2.39. The number of aromatic nitrogens is 1. The summed E-state index contributed by atoms with van der Waals surface area (Å²) in [7, 11) is 1.50. The van der Waals surface area contributed by atoms with Crippen LogP contribution in [0.25, 0.3) is 22.2 Å². The largest absolute Gasteiger partial charge is 0.496 e. The van der Waals surface area contributed by atoms with Crippen molar-refractivity contribution < 1.29 is 13.9 Å². The summed E-state index contributed by atoms with van der Waals surface area (Å²) in [6, 6.07) is 7.71. The average Bonchev–Trinajstić information content (AvgIpc) is 2.90. The van der Waals surface area contributed by atoms with Gasteiger partial charge >= 0.3 is 0 Å². The van der Waals surface area contributed by atoms with Crippen LogP contribution in [-0.2, 0) is 0 Å². The van der Waals surface area contributed by atoms with E-state index in [2.05, 4.69) is 4.98 Å². The van der Waals surface area contributed by atoms with Crippen LogP contribution >= 0.6 is 11.6 Å². The number of rotatable bonds is 3. The number of aromatic amines is 1. The highest BCUT2D eigenvalue weighted by molar-refractivity contribution is 6.32. The summed E-state index contributed by atoms with van der Waals surface area (Å²) >= 11 is 6.13. The summed E-state index contributed by atoms with van der Waals surface area (Å²) in [5, 5.41) is 1.35. The number of H-pyrrole nitrogens is 1. The second-order valence-electron chi connectivity index (χ2n) is 4.97. The molecule has 2 aromatic carbocycles. The molecule has 0 aliphatic heterocycles. The maximum Gasteiger partial charge on any atom is 0.152 e. The predicted octanol–water partition coefficient (Wildman–Crippen LogP) is 4.76. The maximum absolute atomic E-state index is 13.6. The van der Waals surface area contributed by atoms with Crippen molar-refractivity contribution in [2.45, 2.75) is 6.92 Å². The smallest absolute Gasteiger partial charge is 0.152 e. The number of benzene rings is 2. The van der Waals surface area contributed by atoms with Gasteiger partial charge in [0, 0.05) is 21.5 Å². The standard InChI is InChI=1S/C17H13ClFNO2/c1-9-14(18)5-4-11-13(8-21)17(20-16(9)11)12-7-10(19)3-6-15(12)22-2/h3-8,20H,1-2H3. The van der Waals surface area contributed by atoms with Crippen molar-refractivity contribution in [1.82, 2.24) is 4.98 Å². The number of fused-ring (bicyclic) bond motifs is 1. The molecular weight excluding hydrogens is 305 g/mol. The van der Waals surface area contributed by atoms with Crippen molar-refractivity contribution in [3.63, 3.8) is 0 Å². The zero-order chi connectivity index (χ0) is 15.9. The van der Waals surface area contributed by atoms with Gasteiger partial charge < -0.3 is 9.72 Å². The number of nitrogens with one attached hydrogen (secondary N) is 1. The predicted molar refractivity (Wildman–Crippen MR) is 85.4 cm³/mol. The van der Waals surface area contributed by atoms with E-state index in [1.54, 1.807) is 12.1 Å². The van der Waals surface area contributed by atoms with Crippen LogP contribution in [0.5, 0.6) is 5.75 Å². The fourth-order valence-electron chi connectivity index (χ4n) is 2.61. The topological polar surface area (TPSA) is 42.1 Å². The lowest BCUT2D eigenvalue weighted by atomic mass is 10.0. The number of aldehydes is 1. The molecule has 1 N–H and O–H groups in total. The SMILES string of the molecule is COc1ccc(F)cc1-c1[nH]c2c(C)c(Cl)ccc2c1C=O. The van der Waals surface area contributed by atoms with Crippen molar-refractivity contribution >= 4 is 28.8 Å². The van der Waals surface area contributed by atoms with Crippen LogP contribution in [0.2, 0.25) is 5.02 Å². The molecule has 1 heterocycles. The van der Waals surface area contributed by atoms with Gasteiger partial charge in [0.2, 0.25) is 0 Å². The van der Waals surface area contributed by atoms with Gasteiger partial charge in [0.25, 0.3) is 0 Å². The number of methoxy groups -OCH3 is 1. The van der Waals surface area contributed by atoms with Gasteiger partial charge in [-0.05, 0) is 36.8 Å². The molecule has 0 aliphatic rings. The second kappa shape index (κ2) is 5.46. The van der Waals surface area contributed by atoms with Crippen molar-refractivity contribution in [3.8, 4) is 17.0 Å². The molecule has 1 aromatic heterocycles. The summed E-state index contributed by atoms with van der Waals surface area (Å²) in [5.41, 5.74) is 3.07. The number of hydrogen-bond acceptors (Lipinski definition) is 2. The van der Waals surface area contributed by atoms with E-state index in [0.29, 0.717) is 27.6 Å². The molecule has 0 atom stereocenters. The quantitative estimate of drug-likeness (QED) is 0.708. The molecule has 0 fully saturated rings. The first-order valence-corrected chi connectivity index (χ1v) is 7.04. The van der Waals surface area contributed by atoms with Crippen molar-refractivity contribution in [3.05, 3.63) is 52.3 Å². The molecule has 0 saturated heterocycles. The summed E-state index contributed by atoms with van der Waals surface area (Å²) < 4.78 is 18.9. The molecule has 0 bridgehead atoms. The molecule has 0 unspecified atom stereocenters. The van der Waals surface area contributed by atoms with Crippen LogP contribution in [0, 0.1) is 12.7 Å². The molecule has 0 spiro atoms. The Labute approximate surface area is 131 Å². The number of halogens is 2. The molecule has 3 aromatic rings. The fraction of sp³-hybridized carbons (Fsp3) is 0.118. The van der Waals surface area contributed by atoms with Gasteiger partial charge in [-0.1, -0.05) is 17.7 Å². The molecule has 0 radical (unpaired) electrons. The van der Waals surface area contributed by atoms with Gasteiger partial charge in [-0.3, -0.25) is 4.79 Å². The normalized spacial score (nSPS) is 10.9. The van der Waals surface area contributed by atoms with E-state index in [1.807, 2.05) is 6.92 Å². The summed E-state index contributed by atoms with van der Waals surface area (Å²) in [6.45, 7) is 1.86. The molecule has 0 aliphatic carbocycles. The van der Waals surface area contributed by atoms with Gasteiger partial charge in [-0.25, -0.2) is 4.39 Å². The fourth-order valence-corrected chi connectivity index (χ4v) is 2.77. The first-order chi connectivity index (χ1) is 10.6. The minimum absolute atomic E-state index is 0.402. The molecule has 5 heteroatoms. The van der Waals surface area contributed by atoms with E-state index >= 15 is 0 Å². The van der Waals surface area contributed by atoms with Crippen molar-refractivity contribution in [2.75, 3.05) is 7.11 Å². The minimum Gasteiger partial charge on any atom is -0.496 e. The lowest BCUT2D eigenvalue weighted by Gasteiger charge is -2.07. The Bertz CT molecular complexity index is 886. The third-order valence-electron chi connectivity index (χ3n) is 3.76. The van der Waals surface area contributed by atoms with E-state index in [0.717, 1.165) is 22.8 Å². The summed E-state index contributed by atoms with van der Waals surface area (Å²) in [6.07, 6.45) is 0.756. The van der Waals surface area contributed by atoms with E-state index < -0.39 is 5.82 Å². The van der Waals surface area contributed by atoms with Crippen LogP contribution in [0.1, 0.15) is 15.9 Å². The first kappa shape index (κ1) is 14.6. The van der Waals surface area contributed by atoms with Gasteiger partial charge in [-0.2, -0.15) is 0 Å². The van der Waals surface area contributed by atoms with Crippen molar-refractivity contribution in [2.24, 2.45) is 0 Å². The van der Waals surface area contributed by atoms with E-state index in [-0.39, 0.29) is 0 Å². The zero-order valence-electron chi connectivity index (χ0n) is 12.0. The number of ether oxygens (including phenoxy) is 1. The van der Waals surface area contributed by atoms with Crippen LogP contribution in [0.4, 0.5) is 4.39 Å². The number of carbonyl (C=O) groups excluding carboxylic acids is 1.